The molecule has 100 valence electrons. The number of aromatic nitrogens is 2. The van der Waals surface area contributed by atoms with Crippen LogP contribution in [0.4, 0.5) is 0 Å². The van der Waals surface area contributed by atoms with Gasteiger partial charge in [-0.25, -0.2) is 9.97 Å². The molecule has 0 bridgehead atoms. The highest BCUT2D eigenvalue weighted by Gasteiger charge is 2.41. The second-order valence-electron chi connectivity index (χ2n) is 5.66. The highest BCUT2D eigenvalue weighted by Crippen LogP contribution is 2.44. The minimum Gasteiger partial charge on any atom is -0.312 e. The van der Waals surface area contributed by atoms with Crippen LogP contribution in [-0.2, 0) is 0 Å². The van der Waals surface area contributed by atoms with E-state index in [4.69, 9.17) is 0 Å². The minimum absolute atomic E-state index is 0.389. The second kappa shape index (κ2) is 6.02. The van der Waals surface area contributed by atoms with Crippen molar-refractivity contribution >= 4 is 11.8 Å². The first-order chi connectivity index (χ1) is 8.63. The largest absolute Gasteiger partial charge is 0.312 e. The van der Waals surface area contributed by atoms with Crippen LogP contribution in [0.2, 0.25) is 0 Å². The van der Waals surface area contributed by atoms with Gasteiger partial charge in [-0.3, -0.25) is 0 Å². The molecular formula is C14H23N3S. The summed E-state index contributed by atoms with van der Waals surface area (Å²) in [6, 6.07) is 2.59. The molecule has 2 unspecified atom stereocenters. The van der Waals surface area contributed by atoms with E-state index in [0.29, 0.717) is 16.7 Å². The first-order valence-electron chi connectivity index (χ1n) is 6.79. The van der Waals surface area contributed by atoms with E-state index in [9.17, 15) is 0 Å². The van der Waals surface area contributed by atoms with Crippen LogP contribution >= 0.6 is 11.8 Å². The Morgan fingerprint density at radius 3 is 3.00 bits per heavy atom. The molecule has 1 aliphatic rings. The molecule has 0 saturated heterocycles. The lowest BCUT2D eigenvalue weighted by Gasteiger charge is -2.31. The van der Waals surface area contributed by atoms with Crippen molar-refractivity contribution in [1.82, 2.24) is 15.3 Å². The van der Waals surface area contributed by atoms with Crippen molar-refractivity contribution in [3.8, 4) is 0 Å². The number of thioether (sulfide) groups is 1. The molecule has 1 aromatic rings. The fourth-order valence-corrected chi connectivity index (χ4v) is 4.07. The lowest BCUT2D eigenvalue weighted by Crippen LogP contribution is -2.43. The Balaban J connectivity index is 2.03. The molecule has 1 N–H and O–H groups in total. The quantitative estimate of drug-likeness (QED) is 0.830. The molecule has 1 heterocycles. The molecule has 1 aliphatic carbocycles. The molecule has 0 aromatic carbocycles. The Kier molecular flexibility index (Phi) is 4.62. The third kappa shape index (κ3) is 3.23. The molecule has 0 radical (unpaired) electrons. The van der Waals surface area contributed by atoms with Crippen LogP contribution in [0, 0.1) is 5.41 Å². The Morgan fingerprint density at radius 1 is 1.50 bits per heavy atom. The number of hydrogen-bond acceptors (Lipinski definition) is 4. The van der Waals surface area contributed by atoms with Gasteiger partial charge in [0.1, 0.15) is 6.33 Å². The first-order valence-corrected chi connectivity index (χ1v) is 7.67. The zero-order valence-corrected chi connectivity index (χ0v) is 12.3. The summed E-state index contributed by atoms with van der Waals surface area (Å²) in [5, 5.41) is 5.45. The van der Waals surface area contributed by atoms with Crippen molar-refractivity contribution in [2.45, 2.75) is 56.4 Å². The molecule has 0 amide bonds. The molecular weight excluding hydrogens is 242 g/mol. The van der Waals surface area contributed by atoms with Gasteiger partial charge in [0.2, 0.25) is 0 Å². The van der Waals surface area contributed by atoms with Gasteiger partial charge in [-0.15, -0.1) is 11.8 Å². The van der Waals surface area contributed by atoms with Crippen molar-refractivity contribution in [2.75, 3.05) is 6.54 Å². The average molecular weight is 265 g/mol. The van der Waals surface area contributed by atoms with Crippen molar-refractivity contribution in [1.29, 1.82) is 0 Å². The van der Waals surface area contributed by atoms with Gasteiger partial charge in [-0.2, -0.15) is 0 Å². The monoisotopic (exact) mass is 265 g/mol. The lowest BCUT2D eigenvalue weighted by atomic mass is 9.87. The molecule has 2 rings (SSSR count). The Labute approximate surface area is 114 Å². The average Bonchev–Trinajstić information content (AvgIpc) is 2.64. The molecule has 0 aliphatic heterocycles. The zero-order valence-electron chi connectivity index (χ0n) is 11.5. The fraction of sp³-hybridized carbons (Fsp3) is 0.714. The third-order valence-electron chi connectivity index (χ3n) is 3.73. The van der Waals surface area contributed by atoms with Crippen LogP contribution in [0.1, 0.15) is 40.0 Å². The van der Waals surface area contributed by atoms with Gasteiger partial charge < -0.3 is 5.32 Å². The summed E-state index contributed by atoms with van der Waals surface area (Å²) in [6.07, 6.45) is 7.21. The number of hydrogen-bond donors (Lipinski definition) is 1. The summed E-state index contributed by atoms with van der Waals surface area (Å²) in [4.78, 5) is 8.31. The van der Waals surface area contributed by atoms with E-state index < -0.39 is 0 Å². The summed E-state index contributed by atoms with van der Waals surface area (Å²) in [5.41, 5.74) is 0.389. The van der Waals surface area contributed by atoms with Crippen LogP contribution in [-0.4, -0.2) is 27.8 Å². The zero-order chi connectivity index (χ0) is 13.0. The standard InChI is InChI=1S/C14H23N3S/c1-4-8-16-13-11(5-7-14(13,2)3)18-12-6-9-15-10-17-12/h6,9-11,13,16H,4-5,7-8H2,1-3H3. The lowest BCUT2D eigenvalue weighted by molar-refractivity contribution is 0.287. The summed E-state index contributed by atoms with van der Waals surface area (Å²) in [5.74, 6) is 0. The van der Waals surface area contributed by atoms with E-state index in [1.54, 1.807) is 6.33 Å². The van der Waals surface area contributed by atoms with E-state index in [2.05, 4.69) is 36.1 Å². The van der Waals surface area contributed by atoms with Crippen LogP contribution in [0.15, 0.2) is 23.6 Å². The van der Waals surface area contributed by atoms with Gasteiger partial charge in [0.05, 0.1) is 5.03 Å². The molecule has 3 nitrogen and oxygen atoms in total. The van der Waals surface area contributed by atoms with E-state index in [1.807, 2.05) is 24.0 Å². The highest BCUT2D eigenvalue weighted by molar-refractivity contribution is 7.99. The predicted octanol–water partition coefficient (Wildman–Crippen LogP) is 3.13. The summed E-state index contributed by atoms with van der Waals surface area (Å²) >= 11 is 1.90. The van der Waals surface area contributed by atoms with Gasteiger partial charge in [0.25, 0.3) is 0 Å². The Morgan fingerprint density at radius 2 is 2.33 bits per heavy atom. The molecule has 1 saturated carbocycles. The van der Waals surface area contributed by atoms with Gasteiger partial charge in [0, 0.05) is 17.5 Å². The number of rotatable bonds is 5. The fourth-order valence-electron chi connectivity index (χ4n) is 2.68. The van der Waals surface area contributed by atoms with Crippen molar-refractivity contribution < 1.29 is 0 Å². The summed E-state index contributed by atoms with van der Waals surface area (Å²) in [7, 11) is 0. The number of nitrogens with one attached hydrogen (secondary N) is 1. The first kappa shape index (κ1) is 13.8. The van der Waals surface area contributed by atoms with Crippen molar-refractivity contribution in [3.63, 3.8) is 0 Å². The topological polar surface area (TPSA) is 37.8 Å². The molecule has 1 fully saturated rings. The molecule has 18 heavy (non-hydrogen) atoms. The van der Waals surface area contributed by atoms with Crippen LogP contribution < -0.4 is 5.32 Å². The van der Waals surface area contributed by atoms with E-state index in [1.165, 1.54) is 19.3 Å². The van der Waals surface area contributed by atoms with Crippen LogP contribution in [0.25, 0.3) is 0 Å². The minimum atomic E-state index is 0.389. The molecule has 0 spiro atoms. The van der Waals surface area contributed by atoms with Gasteiger partial charge in [0.15, 0.2) is 0 Å². The summed E-state index contributed by atoms with van der Waals surface area (Å²) < 4.78 is 0. The Bertz CT molecular complexity index is 367. The van der Waals surface area contributed by atoms with Gasteiger partial charge in [-0.05, 0) is 37.3 Å². The highest BCUT2D eigenvalue weighted by atomic mass is 32.2. The second-order valence-corrected chi connectivity index (χ2v) is 6.92. The molecule has 2 atom stereocenters. The Hall–Kier alpha value is -0.610. The van der Waals surface area contributed by atoms with E-state index >= 15 is 0 Å². The van der Waals surface area contributed by atoms with Crippen molar-refractivity contribution in [2.24, 2.45) is 5.41 Å². The van der Waals surface area contributed by atoms with E-state index in [0.717, 1.165) is 11.6 Å². The summed E-state index contributed by atoms with van der Waals surface area (Å²) in [6.45, 7) is 8.08. The molecule has 4 heteroatoms. The van der Waals surface area contributed by atoms with Crippen LogP contribution in [0.3, 0.4) is 0 Å². The SMILES string of the molecule is CCCNC1C(Sc2ccncn2)CCC1(C)C. The maximum Gasteiger partial charge on any atom is 0.116 e. The number of nitrogens with zero attached hydrogens (tertiary/aromatic N) is 2. The predicted molar refractivity (Wildman–Crippen MR) is 76.8 cm³/mol. The third-order valence-corrected chi connectivity index (χ3v) is 5.02. The van der Waals surface area contributed by atoms with E-state index in [-0.39, 0.29) is 0 Å². The molecule has 1 aromatic heterocycles. The maximum atomic E-state index is 4.33. The van der Waals surface area contributed by atoms with Gasteiger partial charge in [-0.1, -0.05) is 20.8 Å². The maximum absolute atomic E-state index is 4.33. The normalized spacial score (nSPS) is 26.4. The van der Waals surface area contributed by atoms with Gasteiger partial charge >= 0.3 is 0 Å². The smallest absolute Gasteiger partial charge is 0.116 e. The van der Waals surface area contributed by atoms with Crippen molar-refractivity contribution in [3.05, 3.63) is 18.6 Å². The van der Waals surface area contributed by atoms with Crippen LogP contribution in [0.5, 0.6) is 0 Å².